The molecule has 3 N–H and O–H groups in total. The molecule has 0 spiro atoms. The van der Waals surface area contributed by atoms with Gasteiger partial charge in [0.1, 0.15) is 5.84 Å². The number of hydrazine groups is 1. The third-order valence-electron chi connectivity index (χ3n) is 2.53. The van der Waals surface area contributed by atoms with Crippen molar-refractivity contribution in [2.24, 2.45) is 16.8 Å². The van der Waals surface area contributed by atoms with Gasteiger partial charge >= 0.3 is 0 Å². The van der Waals surface area contributed by atoms with E-state index in [1.165, 1.54) is 0 Å². The van der Waals surface area contributed by atoms with Crippen LogP contribution in [0, 0.1) is 5.92 Å². The zero-order valence-corrected chi connectivity index (χ0v) is 9.40. The standard InChI is InChI=1S/C12H19N3/c1-3-10(4-2)12(15-13)14-11-8-6-5-7-9-11/h5-10H,3-4,13H2,1-2H3,(H,14,15). The highest BCUT2D eigenvalue weighted by Gasteiger charge is 2.10. The first-order valence-electron chi connectivity index (χ1n) is 5.42. The number of rotatable bonds is 4. The molecular formula is C12H19N3. The van der Waals surface area contributed by atoms with Crippen LogP contribution in [0.15, 0.2) is 35.3 Å². The number of hydrogen-bond donors (Lipinski definition) is 2. The van der Waals surface area contributed by atoms with Crippen LogP contribution in [0.4, 0.5) is 5.69 Å². The van der Waals surface area contributed by atoms with Crippen molar-refractivity contribution in [2.75, 3.05) is 0 Å². The Balaban J connectivity index is 2.86. The predicted octanol–water partition coefficient (Wildman–Crippen LogP) is 2.62. The summed E-state index contributed by atoms with van der Waals surface area (Å²) in [6.07, 6.45) is 2.10. The maximum absolute atomic E-state index is 5.49. The molecule has 1 aromatic carbocycles. The van der Waals surface area contributed by atoms with Gasteiger partial charge in [0.25, 0.3) is 0 Å². The Morgan fingerprint density at radius 3 is 2.33 bits per heavy atom. The van der Waals surface area contributed by atoms with Crippen LogP contribution < -0.4 is 11.3 Å². The molecule has 0 fully saturated rings. The number of para-hydroxylation sites is 1. The average Bonchev–Trinajstić information content (AvgIpc) is 2.30. The molecule has 1 rings (SSSR count). The van der Waals surface area contributed by atoms with E-state index in [9.17, 15) is 0 Å². The van der Waals surface area contributed by atoms with Gasteiger partial charge in [-0.2, -0.15) is 0 Å². The normalized spacial score (nSPS) is 11.9. The van der Waals surface area contributed by atoms with Crippen LogP contribution in [0.3, 0.4) is 0 Å². The molecule has 0 aromatic heterocycles. The van der Waals surface area contributed by atoms with Crippen molar-refractivity contribution in [3.63, 3.8) is 0 Å². The second-order valence-electron chi connectivity index (χ2n) is 3.49. The van der Waals surface area contributed by atoms with Gasteiger partial charge in [-0.25, -0.2) is 10.8 Å². The van der Waals surface area contributed by atoms with Gasteiger partial charge in [-0.15, -0.1) is 0 Å². The number of hydrogen-bond acceptors (Lipinski definition) is 2. The van der Waals surface area contributed by atoms with Crippen molar-refractivity contribution < 1.29 is 0 Å². The van der Waals surface area contributed by atoms with E-state index < -0.39 is 0 Å². The molecule has 0 saturated carbocycles. The Morgan fingerprint density at radius 2 is 1.87 bits per heavy atom. The van der Waals surface area contributed by atoms with Crippen molar-refractivity contribution in [1.82, 2.24) is 5.43 Å². The van der Waals surface area contributed by atoms with Crippen LogP contribution in [-0.2, 0) is 0 Å². The zero-order valence-electron chi connectivity index (χ0n) is 9.40. The number of amidine groups is 1. The SMILES string of the molecule is CCC(CC)C(=Nc1ccccc1)NN. The highest BCUT2D eigenvalue weighted by atomic mass is 15.3. The molecule has 0 bridgehead atoms. The maximum Gasteiger partial charge on any atom is 0.119 e. The number of nitrogens with one attached hydrogen (secondary N) is 1. The molecule has 15 heavy (non-hydrogen) atoms. The summed E-state index contributed by atoms with van der Waals surface area (Å²) in [7, 11) is 0. The fourth-order valence-electron chi connectivity index (χ4n) is 1.56. The van der Waals surface area contributed by atoms with Gasteiger partial charge < -0.3 is 5.43 Å². The van der Waals surface area contributed by atoms with Gasteiger partial charge in [-0.1, -0.05) is 32.0 Å². The molecule has 0 atom stereocenters. The van der Waals surface area contributed by atoms with Crippen molar-refractivity contribution in [1.29, 1.82) is 0 Å². The van der Waals surface area contributed by atoms with Crippen molar-refractivity contribution in [3.8, 4) is 0 Å². The largest absolute Gasteiger partial charge is 0.312 e. The zero-order chi connectivity index (χ0) is 11.1. The molecule has 0 radical (unpaired) electrons. The first kappa shape index (κ1) is 11.7. The Hall–Kier alpha value is -1.35. The number of nitrogens with zero attached hydrogens (tertiary/aromatic N) is 1. The summed E-state index contributed by atoms with van der Waals surface area (Å²) in [5, 5.41) is 0. The highest BCUT2D eigenvalue weighted by Crippen LogP contribution is 2.15. The minimum Gasteiger partial charge on any atom is -0.312 e. The Labute approximate surface area is 91.4 Å². The van der Waals surface area contributed by atoms with E-state index in [0.717, 1.165) is 24.4 Å². The highest BCUT2D eigenvalue weighted by molar-refractivity contribution is 5.86. The lowest BCUT2D eigenvalue weighted by atomic mass is 10.0. The fourth-order valence-corrected chi connectivity index (χ4v) is 1.56. The molecular weight excluding hydrogens is 186 g/mol. The third kappa shape index (κ3) is 3.36. The number of nitrogens with two attached hydrogens (primary N) is 1. The van der Waals surface area contributed by atoms with Crippen molar-refractivity contribution in [2.45, 2.75) is 26.7 Å². The first-order valence-corrected chi connectivity index (χ1v) is 5.42. The summed E-state index contributed by atoms with van der Waals surface area (Å²) < 4.78 is 0. The van der Waals surface area contributed by atoms with Gasteiger partial charge in [-0.05, 0) is 25.0 Å². The van der Waals surface area contributed by atoms with Crippen LogP contribution in [0.25, 0.3) is 0 Å². The topological polar surface area (TPSA) is 50.4 Å². The van der Waals surface area contributed by atoms with E-state index >= 15 is 0 Å². The van der Waals surface area contributed by atoms with Crippen LogP contribution in [0.1, 0.15) is 26.7 Å². The number of benzene rings is 1. The van der Waals surface area contributed by atoms with Crippen LogP contribution in [0.5, 0.6) is 0 Å². The predicted molar refractivity (Wildman–Crippen MR) is 64.9 cm³/mol. The Morgan fingerprint density at radius 1 is 1.27 bits per heavy atom. The van der Waals surface area contributed by atoms with Crippen LogP contribution in [-0.4, -0.2) is 5.84 Å². The first-order chi connectivity index (χ1) is 7.31. The van der Waals surface area contributed by atoms with E-state index in [-0.39, 0.29) is 0 Å². The van der Waals surface area contributed by atoms with E-state index in [1.54, 1.807) is 0 Å². The molecule has 0 aliphatic heterocycles. The molecule has 3 nitrogen and oxygen atoms in total. The lowest BCUT2D eigenvalue weighted by molar-refractivity contribution is 0.621. The average molecular weight is 205 g/mol. The molecule has 0 saturated heterocycles. The second-order valence-corrected chi connectivity index (χ2v) is 3.49. The second kappa shape index (κ2) is 6.19. The molecule has 0 aliphatic rings. The van der Waals surface area contributed by atoms with Crippen LogP contribution >= 0.6 is 0 Å². The summed E-state index contributed by atoms with van der Waals surface area (Å²) >= 11 is 0. The molecule has 0 aliphatic carbocycles. The van der Waals surface area contributed by atoms with Gasteiger partial charge in [-0.3, -0.25) is 0 Å². The summed E-state index contributed by atoms with van der Waals surface area (Å²) in [4.78, 5) is 4.50. The quantitative estimate of drug-likeness (QED) is 0.343. The van der Waals surface area contributed by atoms with E-state index in [0.29, 0.717) is 5.92 Å². The lowest BCUT2D eigenvalue weighted by Crippen LogP contribution is -2.35. The van der Waals surface area contributed by atoms with E-state index in [2.05, 4.69) is 24.3 Å². The minimum atomic E-state index is 0.412. The molecule has 0 unspecified atom stereocenters. The molecule has 1 aromatic rings. The summed E-state index contributed by atoms with van der Waals surface area (Å²) in [6.45, 7) is 4.29. The summed E-state index contributed by atoms with van der Waals surface area (Å²) in [6, 6.07) is 9.87. The fraction of sp³-hybridized carbons (Fsp3) is 0.417. The monoisotopic (exact) mass is 205 g/mol. The lowest BCUT2D eigenvalue weighted by Gasteiger charge is -2.14. The molecule has 3 heteroatoms. The van der Waals surface area contributed by atoms with Crippen LogP contribution in [0.2, 0.25) is 0 Å². The summed E-state index contributed by atoms with van der Waals surface area (Å²) in [5.74, 6) is 6.77. The maximum atomic E-state index is 5.49. The van der Waals surface area contributed by atoms with Crippen molar-refractivity contribution >= 4 is 11.5 Å². The summed E-state index contributed by atoms with van der Waals surface area (Å²) in [5.41, 5.74) is 3.64. The Bertz CT molecular complexity index is 302. The van der Waals surface area contributed by atoms with E-state index in [4.69, 9.17) is 5.84 Å². The molecule has 0 amide bonds. The minimum absolute atomic E-state index is 0.412. The van der Waals surface area contributed by atoms with Gasteiger partial charge in [0, 0.05) is 5.92 Å². The number of aliphatic imine (C=N–C) groups is 1. The van der Waals surface area contributed by atoms with Gasteiger partial charge in [0.15, 0.2) is 0 Å². The smallest absolute Gasteiger partial charge is 0.119 e. The Kier molecular flexibility index (Phi) is 4.84. The molecule has 0 heterocycles. The van der Waals surface area contributed by atoms with Gasteiger partial charge in [0.2, 0.25) is 0 Å². The third-order valence-corrected chi connectivity index (χ3v) is 2.53. The van der Waals surface area contributed by atoms with Gasteiger partial charge in [0.05, 0.1) is 5.69 Å². The van der Waals surface area contributed by atoms with Crippen molar-refractivity contribution in [3.05, 3.63) is 30.3 Å². The van der Waals surface area contributed by atoms with E-state index in [1.807, 2.05) is 30.3 Å². The molecule has 82 valence electrons.